The van der Waals surface area contributed by atoms with E-state index in [4.69, 9.17) is 10.8 Å². The highest BCUT2D eigenvalue weighted by Gasteiger charge is 2.12. The number of hydrogen-bond donors (Lipinski definition) is 3. The number of carbonyl (C=O) groups excluding carboxylic acids is 1. The van der Waals surface area contributed by atoms with E-state index in [-0.39, 0.29) is 29.7 Å². The molecular formula is C13H19FN2O2. The van der Waals surface area contributed by atoms with Crippen molar-refractivity contribution in [3.8, 4) is 0 Å². The summed E-state index contributed by atoms with van der Waals surface area (Å²) in [5.41, 5.74) is 6.02. The summed E-state index contributed by atoms with van der Waals surface area (Å²) in [6.07, 6.45) is 1.49. The molecule has 0 bridgehead atoms. The minimum Gasteiger partial charge on any atom is -0.398 e. The van der Waals surface area contributed by atoms with Gasteiger partial charge in [-0.3, -0.25) is 4.79 Å². The van der Waals surface area contributed by atoms with Crippen molar-refractivity contribution in [1.29, 1.82) is 0 Å². The molecule has 1 rings (SSSR count). The van der Waals surface area contributed by atoms with Gasteiger partial charge in [-0.15, -0.1) is 0 Å². The molecule has 0 aliphatic rings. The molecule has 1 unspecified atom stereocenters. The molecule has 0 aromatic heterocycles. The van der Waals surface area contributed by atoms with Crippen molar-refractivity contribution in [2.75, 3.05) is 18.9 Å². The van der Waals surface area contributed by atoms with Gasteiger partial charge < -0.3 is 16.2 Å². The third-order valence-corrected chi connectivity index (χ3v) is 2.93. The van der Waals surface area contributed by atoms with E-state index >= 15 is 0 Å². The molecule has 4 nitrogen and oxygen atoms in total. The fourth-order valence-electron chi connectivity index (χ4n) is 1.69. The third-order valence-electron chi connectivity index (χ3n) is 2.93. The van der Waals surface area contributed by atoms with Gasteiger partial charge in [0.25, 0.3) is 5.91 Å². The zero-order chi connectivity index (χ0) is 13.5. The lowest BCUT2D eigenvalue weighted by molar-refractivity contribution is 0.0944. The van der Waals surface area contributed by atoms with Gasteiger partial charge in [0.05, 0.1) is 5.56 Å². The van der Waals surface area contributed by atoms with E-state index in [1.54, 1.807) is 0 Å². The van der Waals surface area contributed by atoms with Gasteiger partial charge in [-0.05, 0) is 30.5 Å². The van der Waals surface area contributed by atoms with Gasteiger partial charge in [0.1, 0.15) is 5.82 Å². The Morgan fingerprint density at radius 3 is 2.89 bits per heavy atom. The van der Waals surface area contributed by atoms with Crippen molar-refractivity contribution in [2.45, 2.75) is 19.8 Å². The quantitative estimate of drug-likeness (QED) is 0.674. The molecular weight excluding hydrogens is 235 g/mol. The minimum atomic E-state index is -0.489. The number of anilines is 1. The Morgan fingerprint density at radius 2 is 2.28 bits per heavy atom. The van der Waals surface area contributed by atoms with E-state index in [1.165, 1.54) is 12.1 Å². The maximum absolute atomic E-state index is 13.0. The number of rotatable bonds is 6. The summed E-state index contributed by atoms with van der Waals surface area (Å²) in [4.78, 5) is 11.8. The van der Waals surface area contributed by atoms with Crippen molar-refractivity contribution in [1.82, 2.24) is 5.32 Å². The molecule has 1 atom stereocenters. The molecule has 0 saturated heterocycles. The summed E-state index contributed by atoms with van der Waals surface area (Å²) >= 11 is 0. The van der Waals surface area contributed by atoms with Gasteiger partial charge in [-0.1, -0.05) is 13.3 Å². The van der Waals surface area contributed by atoms with Gasteiger partial charge >= 0.3 is 0 Å². The van der Waals surface area contributed by atoms with Crippen molar-refractivity contribution in [3.05, 3.63) is 29.6 Å². The maximum Gasteiger partial charge on any atom is 0.253 e. The Labute approximate surface area is 106 Å². The topological polar surface area (TPSA) is 75.3 Å². The lowest BCUT2D eigenvalue weighted by atomic mass is 10.0. The van der Waals surface area contributed by atoms with Gasteiger partial charge in [0.15, 0.2) is 0 Å². The van der Waals surface area contributed by atoms with Crippen LogP contribution in [0.2, 0.25) is 0 Å². The van der Waals surface area contributed by atoms with Crippen LogP contribution in [0.15, 0.2) is 18.2 Å². The van der Waals surface area contributed by atoms with Crippen LogP contribution in [0, 0.1) is 11.7 Å². The van der Waals surface area contributed by atoms with E-state index in [0.717, 1.165) is 12.5 Å². The predicted octanol–water partition coefficient (Wildman–Crippen LogP) is 1.55. The molecule has 0 saturated carbocycles. The molecule has 0 heterocycles. The van der Waals surface area contributed by atoms with Crippen LogP contribution in [0.1, 0.15) is 30.1 Å². The number of aliphatic hydroxyl groups is 1. The highest BCUT2D eigenvalue weighted by molar-refractivity contribution is 5.99. The van der Waals surface area contributed by atoms with Crippen LogP contribution < -0.4 is 11.1 Å². The Bertz CT molecular complexity index is 410. The zero-order valence-electron chi connectivity index (χ0n) is 10.4. The fourth-order valence-corrected chi connectivity index (χ4v) is 1.69. The van der Waals surface area contributed by atoms with E-state index in [0.29, 0.717) is 13.0 Å². The standard InChI is InChI=1S/C13H19FN2O2/c1-2-9(5-6-17)8-16-13(18)11-7-10(14)3-4-12(11)15/h3-4,7,9,17H,2,5-6,8,15H2,1H3,(H,16,18). The summed E-state index contributed by atoms with van der Waals surface area (Å²) in [7, 11) is 0. The van der Waals surface area contributed by atoms with Crippen molar-refractivity contribution >= 4 is 11.6 Å². The van der Waals surface area contributed by atoms with Crippen LogP contribution in [0.4, 0.5) is 10.1 Å². The van der Waals surface area contributed by atoms with Crippen LogP contribution >= 0.6 is 0 Å². The van der Waals surface area contributed by atoms with Gasteiger partial charge in [0.2, 0.25) is 0 Å². The highest BCUT2D eigenvalue weighted by Crippen LogP contribution is 2.13. The minimum absolute atomic E-state index is 0.0937. The largest absolute Gasteiger partial charge is 0.398 e. The maximum atomic E-state index is 13.0. The summed E-state index contributed by atoms with van der Waals surface area (Å²) < 4.78 is 13.0. The molecule has 4 N–H and O–H groups in total. The number of nitrogens with two attached hydrogens (primary N) is 1. The molecule has 1 aromatic carbocycles. The van der Waals surface area contributed by atoms with Gasteiger partial charge in [-0.2, -0.15) is 0 Å². The monoisotopic (exact) mass is 254 g/mol. The molecule has 5 heteroatoms. The van der Waals surface area contributed by atoms with E-state index < -0.39 is 5.82 Å². The lowest BCUT2D eigenvalue weighted by Crippen LogP contribution is -2.30. The van der Waals surface area contributed by atoms with Crippen LogP contribution in [0.25, 0.3) is 0 Å². The Hall–Kier alpha value is -1.62. The smallest absolute Gasteiger partial charge is 0.253 e. The summed E-state index contributed by atoms with van der Waals surface area (Å²) in [6.45, 7) is 2.53. The van der Waals surface area contributed by atoms with Crippen molar-refractivity contribution < 1.29 is 14.3 Å². The second-order valence-corrected chi connectivity index (χ2v) is 4.23. The predicted molar refractivity (Wildman–Crippen MR) is 68.6 cm³/mol. The second kappa shape index (κ2) is 6.96. The second-order valence-electron chi connectivity index (χ2n) is 4.23. The van der Waals surface area contributed by atoms with E-state index in [2.05, 4.69) is 5.32 Å². The first-order valence-corrected chi connectivity index (χ1v) is 6.02. The van der Waals surface area contributed by atoms with E-state index in [9.17, 15) is 9.18 Å². The Kier molecular flexibility index (Phi) is 5.58. The van der Waals surface area contributed by atoms with Crippen LogP contribution in [-0.2, 0) is 0 Å². The summed E-state index contributed by atoms with van der Waals surface area (Å²) in [5.74, 6) is -0.658. The first kappa shape index (κ1) is 14.4. The highest BCUT2D eigenvalue weighted by atomic mass is 19.1. The van der Waals surface area contributed by atoms with Crippen LogP contribution in [0.5, 0.6) is 0 Å². The lowest BCUT2D eigenvalue weighted by Gasteiger charge is -2.14. The zero-order valence-corrected chi connectivity index (χ0v) is 10.4. The normalized spacial score (nSPS) is 12.2. The average molecular weight is 254 g/mol. The Balaban J connectivity index is 2.62. The third kappa shape index (κ3) is 4.00. The molecule has 18 heavy (non-hydrogen) atoms. The van der Waals surface area contributed by atoms with Gasteiger partial charge in [-0.25, -0.2) is 4.39 Å². The van der Waals surface area contributed by atoms with Gasteiger partial charge in [0, 0.05) is 18.8 Å². The molecule has 0 spiro atoms. The number of carbonyl (C=O) groups is 1. The summed E-state index contributed by atoms with van der Waals surface area (Å²) in [5, 5.41) is 11.6. The molecule has 0 fully saturated rings. The van der Waals surface area contributed by atoms with Crippen molar-refractivity contribution in [3.63, 3.8) is 0 Å². The SMILES string of the molecule is CCC(CCO)CNC(=O)c1cc(F)ccc1N. The first-order valence-electron chi connectivity index (χ1n) is 6.02. The first-order chi connectivity index (χ1) is 8.58. The fraction of sp³-hybridized carbons (Fsp3) is 0.462. The number of halogens is 1. The molecule has 0 radical (unpaired) electrons. The van der Waals surface area contributed by atoms with E-state index in [1.807, 2.05) is 6.92 Å². The summed E-state index contributed by atoms with van der Waals surface area (Å²) in [6, 6.07) is 3.71. The average Bonchev–Trinajstić information content (AvgIpc) is 2.37. The van der Waals surface area contributed by atoms with Crippen molar-refractivity contribution in [2.24, 2.45) is 5.92 Å². The number of amides is 1. The number of nitrogens with one attached hydrogen (secondary N) is 1. The number of nitrogen functional groups attached to an aromatic ring is 1. The van der Waals surface area contributed by atoms with Crippen LogP contribution in [0.3, 0.4) is 0 Å². The molecule has 0 aliphatic carbocycles. The molecule has 1 amide bonds. The van der Waals surface area contributed by atoms with Crippen LogP contribution in [-0.4, -0.2) is 24.2 Å². The molecule has 1 aromatic rings. The molecule has 100 valence electrons. The number of benzene rings is 1. The number of aliphatic hydroxyl groups excluding tert-OH is 1. The molecule has 0 aliphatic heterocycles. The Morgan fingerprint density at radius 1 is 1.56 bits per heavy atom. The number of hydrogen-bond acceptors (Lipinski definition) is 3.